The van der Waals surface area contributed by atoms with E-state index in [1.54, 1.807) is 42.5 Å². The highest BCUT2D eigenvalue weighted by Crippen LogP contribution is 2.21. The number of aromatic nitrogens is 1. The van der Waals surface area contributed by atoms with Crippen LogP contribution < -0.4 is 10.6 Å². The molecule has 0 saturated carbocycles. The molecule has 0 aliphatic heterocycles. The highest BCUT2D eigenvalue weighted by atomic mass is 127. The SMILES string of the molecule is O=C(Nc1ccccc1)C(=Cc1cccnc1Cl)C(=O)Nc1ccccc1I. The van der Waals surface area contributed by atoms with Gasteiger partial charge in [-0.3, -0.25) is 9.59 Å². The van der Waals surface area contributed by atoms with Crippen molar-refractivity contribution in [2.24, 2.45) is 0 Å². The summed E-state index contributed by atoms with van der Waals surface area (Å²) < 4.78 is 0.857. The summed E-state index contributed by atoms with van der Waals surface area (Å²) >= 11 is 8.22. The van der Waals surface area contributed by atoms with E-state index in [9.17, 15) is 9.59 Å². The first-order valence-corrected chi connectivity index (χ1v) is 9.75. The van der Waals surface area contributed by atoms with E-state index in [0.717, 1.165) is 3.57 Å². The summed E-state index contributed by atoms with van der Waals surface area (Å²) in [5.74, 6) is -1.09. The average Bonchev–Trinajstić information content (AvgIpc) is 2.69. The van der Waals surface area contributed by atoms with Gasteiger partial charge in [0.2, 0.25) is 0 Å². The van der Waals surface area contributed by atoms with E-state index < -0.39 is 11.8 Å². The zero-order valence-corrected chi connectivity index (χ0v) is 17.4. The van der Waals surface area contributed by atoms with E-state index in [1.807, 2.05) is 24.3 Å². The van der Waals surface area contributed by atoms with Gasteiger partial charge < -0.3 is 10.6 Å². The van der Waals surface area contributed by atoms with E-state index in [-0.39, 0.29) is 10.7 Å². The van der Waals surface area contributed by atoms with Gasteiger partial charge in [0, 0.05) is 21.0 Å². The van der Waals surface area contributed by atoms with E-state index in [1.165, 1.54) is 12.3 Å². The van der Waals surface area contributed by atoms with Gasteiger partial charge in [0.25, 0.3) is 11.8 Å². The molecule has 5 nitrogen and oxygen atoms in total. The molecule has 1 heterocycles. The molecule has 7 heteroatoms. The molecule has 3 rings (SSSR count). The topological polar surface area (TPSA) is 71.1 Å². The van der Waals surface area contributed by atoms with Crippen molar-refractivity contribution in [1.29, 1.82) is 0 Å². The third kappa shape index (κ3) is 5.17. The van der Waals surface area contributed by atoms with Crippen molar-refractivity contribution >= 4 is 63.5 Å². The van der Waals surface area contributed by atoms with Crippen LogP contribution in [0.3, 0.4) is 0 Å². The van der Waals surface area contributed by atoms with Crippen LogP contribution in [0.25, 0.3) is 6.08 Å². The van der Waals surface area contributed by atoms with Gasteiger partial charge in [-0.2, -0.15) is 0 Å². The Morgan fingerprint density at radius 2 is 1.57 bits per heavy atom. The number of hydrogen-bond acceptors (Lipinski definition) is 3. The number of benzene rings is 2. The van der Waals surface area contributed by atoms with Gasteiger partial charge >= 0.3 is 0 Å². The quantitative estimate of drug-likeness (QED) is 0.169. The van der Waals surface area contributed by atoms with Crippen molar-refractivity contribution in [3.8, 4) is 0 Å². The van der Waals surface area contributed by atoms with Crippen molar-refractivity contribution in [1.82, 2.24) is 4.98 Å². The second kappa shape index (κ2) is 9.48. The molecule has 2 N–H and O–H groups in total. The summed E-state index contributed by atoms with van der Waals surface area (Å²) in [6.45, 7) is 0. The van der Waals surface area contributed by atoms with Gasteiger partial charge in [-0.1, -0.05) is 48.0 Å². The number of pyridine rings is 1. The molecular formula is C21H15ClIN3O2. The Balaban J connectivity index is 1.94. The summed E-state index contributed by atoms with van der Waals surface area (Å²) in [6, 6.07) is 19.6. The van der Waals surface area contributed by atoms with Gasteiger partial charge in [0.05, 0.1) is 5.69 Å². The largest absolute Gasteiger partial charge is 0.322 e. The number of para-hydroxylation sites is 2. The van der Waals surface area contributed by atoms with E-state index in [2.05, 4.69) is 38.2 Å². The van der Waals surface area contributed by atoms with Crippen LogP contribution >= 0.6 is 34.2 Å². The van der Waals surface area contributed by atoms with Crippen LogP contribution in [0.15, 0.2) is 78.5 Å². The summed E-state index contributed by atoms with van der Waals surface area (Å²) in [5, 5.41) is 5.71. The Morgan fingerprint density at radius 3 is 2.29 bits per heavy atom. The minimum Gasteiger partial charge on any atom is -0.322 e. The van der Waals surface area contributed by atoms with Crippen LogP contribution in [0.5, 0.6) is 0 Å². The maximum atomic E-state index is 12.9. The van der Waals surface area contributed by atoms with Gasteiger partial charge in [0.1, 0.15) is 10.7 Å². The number of carbonyl (C=O) groups excluding carboxylic acids is 2. The Hall–Kier alpha value is -2.71. The van der Waals surface area contributed by atoms with Gasteiger partial charge in [0.15, 0.2) is 0 Å². The Labute approximate surface area is 181 Å². The van der Waals surface area contributed by atoms with Gasteiger partial charge in [-0.25, -0.2) is 4.98 Å². The maximum Gasteiger partial charge on any atom is 0.261 e. The fraction of sp³-hybridized carbons (Fsp3) is 0. The van der Waals surface area contributed by atoms with Crippen LogP contribution in [0.4, 0.5) is 11.4 Å². The summed E-state index contributed by atoms with van der Waals surface area (Å²) in [5.41, 5.74) is 1.58. The maximum absolute atomic E-state index is 12.9. The summed E-state index contributed by atoms with van der Waals surface area (Å²) in [6.07, 6.45) is 2.97. The second-order valence-electron chi connectivity index (χ2n) is 5.70. The summed E-state index contributed by atoms with van der Waals surface area (Å²) in [4.78, 5) is 29.7. The molecular weight excluding hydrogens is 489 g/mol. The fourth-order valence-electron chi connectivity index (χ4n) is 2.37. The molecule has 0 radical (unpaired) electrons. The van der Waals surface area contributed by atoms with Gasteiger partial charge in [-0.15, -0.1) is 0 Å². The van der Waals surface area contributed by atoms with Crippen molar-refractivity contribution in [2.75, 3.05) is 10.6 Å². The number of nitrogens with one attached hydrogen (secondary N) is 2. The standard InChI is InChI=1S/C21H15ClIN3O2/c22-19-14(7-6-12-24-19)13-16(20(27)25-15-8-2-1-3-9-15)21(28)26-18-11-5-4-10-17(18)23/h1-13H,(H,25,27)(H,26,28). The molecule has 0 saturated heterocycles. The first-order chi connectivity index (χ1) is 13.5. The van der Waals surface area contributed by atoms with E-state index in [4.69, 9.17) is 11.6 Å². The molecule has 2 aromatic carbocycles. The number of halogens is 2. The van der Waals surface area contributed by atoms with Crippen LogP contribution in [0.1, 0.15) is 5.56 Å². The lowest BCUT2D eigenvalue weighted by atomic mass is 10.1. The Morgan fingerprint density at radius 1 is 0.893 bits per heavy atom. The molecule has 140 valence electrons. The molecule has 0 atom stereocenters. The number of amides is 2. The molecule has 0 spiro atoms. The van der Waals surface area contributed by atoms with Crippen molar-refractivity contribution in [3.05, 3.63) is 92.8 Å². The minimum atomic E-state index is -0.547. The predicted molar refractivity (Wildman–Crippen MR) is 120 cm³/mol. The van der Waals surface area contributed by atoms with Crippen LogP contribution in [-0.4, -0.2) is 16.8 Å². The number of hydrogen-bond donors (Lipinski definition) is 2. The highest BCUT2D eigenvalue weighted by Gasteiger charge is 2.20. The molecule has 0 aliphatic rings. The Kier molecular flexibility index (Phi) is 6.78. The van der Waals surface area contributed by atoms with Gasteiger partial charge in [-0.05, 0) is 59.0 Å². The molecule has 0 bridgehead atoms. The lowest BCUT2D eigenvalue weighted by Crippen LogP contribution is -2.25. The first kappa shape index (κ1) is 20.0. The van der Waals surface area contributed by atoms with E-state index in [0.29, 0.717) is 16.9 Å². The normalized spacial score (nSPS) is 11.0. The average molecular weight is 504 g/mol. The Bertz CT molecular complexity index is 1040. The summed E-state index contributed by atoms with van der Waals surface area (Å²) in [7, 11) is 0. The molecule has 0 unspecified atom stereocenters. The smallest absolute Gasteiger partial charge is 0.261 e. The number of carbonyl (C=O) groups is 2. The number of nitrogens with zero attached hydrogens (tertiary/aromatic N) is 1. The molecule has 1 aromatic heterocycles. The number of rotatable bonds is 5. The molecule has 0 fully saturated rings. The molecule has 2 amide bonds. The molecule has 28 heavy (non-hydrogen) atoms. The third-order valence-electron chi connectivity index (χ3n) is 3.73. The van der Waals surface area contributed by atoms with Crippen molar-refractivity contribution in [3.63, 3.8) is 0 Å². The third-order valence-corrected chi connectivity index (χ3v) is 4.99. The lowest BCUT2D eigenvalue weighted by Gasteiger charge is -2.11. The van der Waals surface area contributed by atoms with Crippen LogP contribution in [0, 0.1) is 3.57 Å². The first-order valence-electron chi connectivity index (χ1n) is 8.29. The van der Waals surface area contributed by atoms with Crippen molar-refractivity contribution < 1.29 is 9.59 Å². The fourth-order valence-corrected chi connectivity index (χ4v) is 3.06. The minimum absolute atomic E-state index is 0.0848. The molecule has 0 aliphatic carbocycles. The predicted octanol–water partition coefficient (Wildman–Crippen LogP) is 5.00. The van der Waals surface area contributed by atoms with E-state index >= 15 is 0 Å². The van der Waals surface area contributed by atoms with Crippen LogP contribution in [0.2, 0.25) is 5.15 Å². The number of anilines is 2. The lowest BCUT2D eigenvalue weighted by molar-refractivity contribution is -0.118. The monoisotopic (exact) mass is 503 g/mol. The molecule has 3 aromatic rings. The van der Waals surface area contributed by atoms with Crippen molar-refractivity contribution in [2.45, 2.75) is 0 Å². The highest BCUT2D eigenvalue weighted by molar-refractivity contribution is 14.1. The zero-order chi connectivity index (χ0) is 19.9. The van der Waals surface area contributed by atoms with Crippen LogP contribution in [-0.2, 0) is 9.59 Å². The second-order valence-corrected chi connectivity index (χ2v) is 7.22. The zero-order valence-electron chi connectivity index (χ0n) is 14.5.